The summed E-state index contributed by atoms with van der Waals surface area (Å²) in [6, 6.07) is 17.9. The Morgan fingerprint density at radius 2 is 1.51 bits per heavy atom. The van der Waals surface area contributed by atoms with Crippen LogP contribution in [-0.2, 0) is 9.59 Å². The third kappa shape index (κ3) is 6.36. The lowest BCUT2D eigenvalue weighted by molar-refractivity contribution is -0.136. The van der Waals surface area contributed by atoms with Crippen LogP contribution < -0.4 is 25.0 Å². The molecule has 0 aromatic heterocycles. The van der Waals surface area contributed by atoms with Crippen LogP contribution >= 0.6 is 11.6 Å². The predicted octanol–water partition coefficient (Wildman–Crippen LogP) is 4.06. The number of nitrogens with zero attached hydrogens (tertiary/aromatic N) is 1. The lowest BCUT2D eigenvalue weighted by Gasteiger charge is -2.12. The molecule has 3 aromatic rings. The van der Waals surface area contributed by atoms with Crippen LogP contribution in [0.4, 0.5) is 5.69 Å². The van der Waals surface area contributed by atoms with Gasteiger partial charge in [-0.15, -0.1) is 0 Å². The van der Waals surface area contributed by atoms with Gasteiger partial charge in [-0.25, -0.2) is 10.2 Å². The van der Waals surface area contributed by atoms with Crippen molar-refractivity contribution in [3.63, 3.8) is 0 Å². The topological polar surface area (TPSA) is 115 Å². The molecule has 0 radical (unpaired) electrons. The second-order valence-corrected chi connectivity index (χ2v) is 7.43. The molecule has 2 N–H and O–H groups in total. The highest BCUT2D eigenvalue weighted by molar-refractivity contribution is 6.39. The molecule has 35 heavy (non-hydrogen) atoms. The van der Waals surface area contributed by atoms with Gasteiger partial charge in [0.25, 0.3) is 0 Å². The van der Waals surface area contributed by atoms with E-state index in [1.54, 1.807) is 67.6 Å². The number of hydrogen-bond donors (Lipinski definition) is 2. The molecule has 0 aliphatic rings. The Hall–Kier alpha value is -4.37. The zero-order chi connectivity index (χ0) is 25.4. The van der Waals surface area contributed by atoms with E-state index in [1.165, 1.54) is 20.3 Å². The van der Waals surface area contributed by atoms with Gasteiger partial charge in [-0.2, -0.15) is 5.10 Å². The molecule has 2 amide bonds. The minimum absolute atomic E-state index is 0.175. The summed E-state index contributed by atoms with van der Waals surface area (Å²) in [5, 5.41) is 6.70. The number of hydrazone groups is 1. The quantitative estimate of drug-likeness (QED) is 0.168. The molecule has 3 aromatic carbocycles. The Morgan fingerprint density at radius 1 is 0.829 bits per heavy atom. The number of carbonyl (C=O) groups excluding carboxylic acids is 3. The molecule has 3 rings (SSSR count). The van der Waals surface area contributed by atoms with E-state index in [2.05, 4.69) is 15.8 Å². The van der Waals surface area contributed by atoms with Crippen molar-refractivity contribution in [3.05, 3.63) is 82.9 Å². The fraction of sp³-hybridized carbons (Fsp3) is 0.120. The first-order chi connectivity index (χ1) is 16.8. The Balaban J connectivity index is 1.68. The Bertz CT molecular complexity index is 1290. The number of ether oxygens (including phenoxy) is 3. The molecule has 0 fully saturated rings. The Morgan fingerprint density at radius 3 is 2.23 bits per heavy atom. The summed E-state index contributed by atoms with van der Waals surface area (Å²) in [6.07, 6.45) is 0. The number of methoxy groups -OCH3 is 2. The van der Waals surface area contributed by atoms with Gasteiger partial charge >= 0.3 is 17.8 Å². The minimum atomic E-state index is -0.965. The first-order valence-electron chi connectivity index (χ1n) is 10.3. The molecular weight excluding hydrogens is 474 g/mol. The molecule has 0 atom stereocenters. The highest BCUT2D eigenvalue weighted by Crippen LogP contribution is 2.30. The van der Waals surface area contributed by atoms with E-state index in [4.69, 9.17) is 25.8 Å². The van der Waals surface area contributed by atoms with Crippen molar-refractivity contribution >= 4 is 40.8 Å². The number of amides is 2. The number of benzene rings is 3. The number of carbonyl (C=O) groups is 3. The molecule has 180 valence electrons. The van der Waals surface area contributed by atoms with Crippen LogP contribution in [-0.4, -0.2) is 37.7 Å². The number of esters is 1. The van der Waals surface area contributed by atoms with Crippen molar-refractivity contribution in [2.24, 2.45) is 5.10 Å². The SMILES string of the molecule is COc1ccccc1NC(=O)C(=O)N/N=C(\C)c1ccc(OC(=O)c2ccccc2Cl)c(OC)c1. The van der Waals surface area contributed by atoms with E-state index in [0.717, 1.165) is 0 Å². The number of halogens is 1. The smallest absolute Gasteiger partial charge is 0.345 e. The Kier molecular flexibility index (Phi) is 8.42. The number of anilines is 1. The second-order valence-electron chi connectivity index (χ2n) is 7.03. The average Bonchev–Trinajstić information content (AvgIpc) is 2.87. The number of hydrogen-bond acceptors (Lipinski definition) is 7. The van der Waals surface area contributed by atoms with E-state index in [9.17, 15) is 14.4 Å². The van der Waals surface area contributed by atoms with Crippen molar-refractivity contribution < 1.29 is 28.6 Å². The normalized spacial score (nSPS) is 10.8. The molecule has 0 bridgehead atoms. The molecule has 0 heterocycles. The van der Waals surface area contributed by atoms with Crippen LogP contribution in [0.1, 0.15) is 22.8 Å². The monoisotopic (exact) mass is 495 g/mol. The third-order valence-corrected chi connectivity index (χ3v) is 5.09. The summed E-state index contributed by atoms with van der Waals surface area (Å²) in [7, 11) is 2.87. The molecular formula is C25H22ClN3O6. The van der Waals surface area contributed by atoms with Crippen LogP contribution in [0.3, 0.4) is 0 Å². The first-order valence-corrected chi connectivity index (χ1v) is 10.7. The van der Waals surface area contributed by atoms with E-state index in [0.29, 0.717) is 22.7 Å². The lowest BCUT2D eigenvalue weighted by atomic mass is 10.1. The predicted molar refractivity (Wildman–Crippen MR) is 131 cm³/mol. The van der Waals surface area contributed by atoms with E-state index in [1.807, 2.05) is 0 Å². The van der Waals surface area contributed by atoms with Gasteiger partial charge in [0.1, 0.15) is 5.75 Å². The van der Waals surface area contributed by atoms with Crippen LogP contribution in [0.5, 0.6) is 17.2 Å². The first kappa shape index (κ1) is 25.3. The summed E-state index contributed by atoms with van der Waals surface area (Å²) < 4.78 is 15.9. The van der Waals surface area contributed by atoms with Crippen LogP contribution in [0.2, 0.25) is 5.02 Å². The lowest BCUT2D eigenvalue weighted by Crippen LogP contribution is -2.33. The van der Waals surface area contributed by atoms with E-state index in [-0.39, 0.29) is 22.1 Å². The number of para-hydroxylation sites is 2. The maximum atomic E-state index is 12.5. The molecule has 0 unspecified atom stereocenters. The van der Waals surface area contributed by atoms with Gasteiger partial charge in [-0.1, -0.05) is 35.9 Å². The molecule has 0 saturated heterocycles. The highest BCUT2D eigenvalue weighted by Gasteiger charge is 2.17. The molecule has 9 nitrogen and oxygen atoms in total. The minimum Gasteiger partial charge on any atom is -0.495 e. The molecule has 0 aliphatic heterocycles. The molecule has 10 heteroatoms. The molecule has 0 aliphatic carbocycles. The van der Waals surface area contributed by atoms with Crippen molar-refractivity contribution in [2.75, 3.05) is 19.5 Å². The van der Waals surface area contributed by atoms with Gasteiger partial charge < -0.3 is 19.5 Å². The largest absolute Gasteiger partial charge is 0.495 e. The number of rotatable bonds is 7. The van der Waals surface area contributed by atoms with Crippen LogP contribution in [0.15, 0.2) is 71.8 Å². The standard InChI is InChI=1S/C25H22ClN3O6/c1-15(28-29-24(31)23(30)27-19-10-6-7-11-20(19)33-2)16-12-13-21(22(14-16)34-3)35-25(32)17-8-4-5-9-18(17)26/h4-14H,1-3H3,(H,27,30)(H,29,31)/b28-15+. The fourth-order valence-corrected chi connectivity index (χ4v) is 3.15. The molecule has 0 saturated carbocycles. The summed E-state index contributed by atoms with van der Waals surface area (Å²) >= 11 is 6.05. The molecule has 0 spiro atoms. The summed E-state index contributed by atoms with van der Waals surface area (Å²) in [4.78, 5) is 36.8. The summed E-state index contributed by atoms with van der Waals surface area (Å²) in [5.41, 5.74) is 3.71. The third-order valence-electron chi connectivity index (χ3n) is 4.76. The van der Waals surface area contributed by atoms with Gasteiger partial charge in [-0.05, 0) is 49.4 Å². The summed E-state index contributed by atoms with van der Waals surface area (Å²) in [6.45, 7) is 1.63. The van der Waals surface area contributed by atoms with Crippen molar-refractivity contribution in [1.82, 2.24) is 5.43 Å². The second kappa shape index (κ2) is 11.7. The zero-order valence-electron chi connectivity index (χ0n) is 19.1. The summed E-state index contributed by atoms with van der Waals surface area (Å²) in [5.74, 6) is -1.67. The van der Waals surface area contributed by atoms with E-state index < -0.39 is 17.8 Å². The van der Waals surface area contributed by atoms with Gasteiger partial charge in [0.2, 0.25) is 0 Å². The van der Waals surface area contributed by atoms with Crippen molar-refractivity contribution in [3.8, 4) is 17.2 Å². The maximum Gasteiger partial charge on any atom is 0.345 e. The zero-order valence-corrected chi connectivity index (χ0v) is 19.9. The number of nitrogens with one attached hydrogen (secondary N) is 2. The van der Waals surface area contributed by atoms with Crippen molar-refractivity contribution in [1.29, 1.82) is 0 Å². The fourth-order valence-electron chi connectivity index (χ4n) is 2.94. The van der Waals surface area contributed by atoms with Crippen molar-refractivity contribution in [2.45, 2.75) is 6.92 Å². The maximum absolute atomic E-state index is 12.5. The van der Waals surface area contributed by atoms with Crippen LogP contribution in [0.25, 0.3) is 0 Å². The Labute approximate surface area is 206 Å². The highest BCUT2D eigenvalue weighted by atomic mass is 35.5. The van der Waals surface area contributed by atoms with Gasteiger partial charge in [-0.3, -0.25) is 9.59 Å². The van der Waals surface area contributed by atoms with Gasteiger partial charge in [0.15, 0.2) is 11.5 Å². The van der Waals surface area contributed by atoms with Gasteiger partial charge in [0, 0.05) is 5.56 Å². The average molecular weight is 496 g/mol. The van der Waals surface area contributed by atoms with Gasteiger partial charge in [0.05, 0.1) is 36.2 Å². The van der Waals surface area contributed by atoms with E-state index >= 15 is 0 Å². The van der Waals surface area contributed by atoms with Crippen LogP contribution in [0, 0.1) is 0 Å².